The Bertz CT molecular complexity index is 620. The molecule has 1 unspecified atom stereocenters. The van der Waals surface area contributed by atoms with E-state index in [0.29, 0.717) is 15.7 Å². The number of halogens is 2. The van der Waals surface area contributed by atoms with E-state index in [2.05, 4.69) is 10.6 Å². The topological polar surface area (TPSA) is 54.3 Å². The molecule has 4 nitrogen and oxygen atoms in total. The Hall–Kier alpha value is -1.49. The lowest BCUT2D eigenvalue weighted by atomic mass is 10.2. The SMILES string of the molecule is Cc1ccc(C(C)NCC(=O)Nc2c(Cl)cccc2Cl)o1. The van der Waals surface area contributed by atoms with Crippen molar-refractivity contribution in [1.82, 2.24) is 5.32 Å². The van der Waals surface area contributed by atoms with Gasteiger partial charge in [-0.1, -0.05) is 29.3 Å². The number of aryl methyl sites for hydroxylation is 1. The maximum Gasteiger partial charge on any atom is 0.238 e. The van der Waals surface area contributed by atoms with Crippen molar-refractivity contribution in [3.8, 4) is 0 Å². The highest BCUT2D eigenvalue weighted by Gasteiger charge is 2.13. The first-order valence-electron chi connectivity index (χ1n) is 6.51. The predicted octanol–water partition coefficient (Wildman–Crippen LogP) is 4.18. The number of nitrogens with one attached hydrogen (secondary N) is 2. The first kappa shape index (κ1) is 15.9. The van der Waals surface area contributed by atoms with E-state index < -0.39 is 0 Å². The molecule has 0 radical (unpaired) electrons. The number of para-hydroxylation sites is 1. The summed E-state index contributed by atoms with van der Waals surface area (Å²) in [5.74, 6) is 1.40. The fraction of sp³-hybridized carbons (Fsp3) is 0.267. The van der Waals surface area contributed by atoms with E-state index in [9.17, 15) is 4.79 Å². The molecule has 0 bridgehead atoms. The highest BCUT2D eigenvalue weighted by Crippen LogP contribution is 2.29. The Morgan fingerprint density at radius 3 is 2.48 bits per heavy atom. The van der Waals surface area contributed by atoms with Crippen LogP contribution in [0.1, 0.15) is 24.5 Å². The maximum absolute atomic E-state index is 11.9. The highest BCUT2D eigenvalue weighted by atomic mass is 35.5. The van der Waals surface area contributed by atoms with Crippen molar-refractivity contribution in [3.05, 3.63) is 51.9 Å². The van der Waals surface area contributed by atoms with Crippen molar-refractivity contribution >= 4 is 34.8 Å². The quantitative estimate of drug-likeness (QED) is 0.866. The molecule has 1 aromatic carbocycles. The molecule has 0 spiro atoms. The zero-order valence-corrected chi connectivity index (χ0v) is 13.3. The molecule has 21 heavy (non-hydrogen) atoms. The van der Waals surface area contributed by atoms with E-state index in [1.807, 2.05) is 26.0 Å². The highest BCUT2D eigenvalue weighted by molar-refractivity contribution is 6.39. The second kappa shape index (κ2) is 6.98. The van der Waals surface area contributed by atoms with Crippen LogP contribution in [0.5, 0.6) is 0 Å². The van der Waals surface area contributed by atoms with Crippen LogP contribution in [0.25, 0.3) is 0 Å². The molecule has 112 valence electrons. The normalized spacial score (nSPS) is 12.2. The molecular weight excluding hydrogens is 311 g/mol. The fourth-order valence-electron chi connectivity index (χ4n) is 1.83. The number of benzene rings is 1. The third-order valence-corrected chi connectivity index (χ3v) is 3.61. The van der Waals surface area contributed by atoms with Crippen LogP contribution < -0.4 is 10.6 Å². The summed E-state index contributed by atoms with van der Waals surface area (Å²) >= 11 is 12.0. The molecule has 0 saturated carbocycles. The Labute approximate surface area is 133 Å². The van der Waals surface area contributed by atoms with Crippen LogP contribution >= 0.6 is 23.2 Å². The lowest BCUT2D eigenvalue weighted by Crippen LogP contribution is -2.30. The first-order valence-corrected chi connectivity index (χ1v) is 7.26. The number of hydrogen-bond acceptors (Lipinski definition) is 3. The molecule has 0 aliphatic carbocycles. The number of furan rings is 1. The molecule has 6 heteroatoms. The van der Waals surface area contributed by atoms with Gasteiger partial charge in [0, 0.05) is 0 Å². The number of rotatable bonds is 5. The van der Waals surface area contributed by atoms with Crippen LogP contribution in [0.3, 0.4) is 0 Å². The Kier molecular flexibility index (Phi) is 5.28. The summed E-state index contributed by atoms with van der Waals surface area (Å²) in [5, 5.41) is 6.59. The monoisotopic (exact) mass is 326 g/mol. The molecule has 1 amide bonds. The van der Waals surface area contributed by atoms with Gasteiger partial charge >= 0.3 is 0 Å². The van der Waals surface area contributed by atoms with Gasteiger partial charge in [-0.2, -0.15) is 0 Å². The zero-order chi connectivity index (χ0) is 15.4. The molecule has 0 saturated heterocycles. The Morgan fingerprint density at radius 1 is 1.24 bits per heavy atom. The van der Waals surface area contributed by atoms with Gasteiger partial charge in [-0.05, 0) is 38.1 Å². The van der Waals surface area contributed by atoms with Crippen LogP contribution in [0.4, 0.5) is 5.69 Å². The molecule has 2 rings (SSSR count). The molecule has 2 N–H and O–H groups in total. The van der Waals surface area contributed by atoms with Gasteiger partial charge in [0.25, 0.3) is 0 Å². The summed E-state index contributed by atoms with van der Waals surface area (Å²) in [5.41, 5.74) is 0.425. The number of carbonyl (C=O) groups excluding carboxylic acids is 1. The van der Waals surface area contributed by atoms with Gasteiger partial charge < -0.3 is 9.73 Å². The first-order chi connectivity index (χ1) is 9.97. The van der Waals surface area contributed by atoms with Crippen molar-refractivity contribution < 1.29 is 9.21 Å². The standard InChI is InChI=1S/C15H16Cl2N2O2/c1-9-6-7-13(21-9)10(2)18-8-14(20)19-15-11(16)4-3-5-12(15)17/h3-7,10,18H,8H2,1-2H3,(H,19,20). The number of hydrogen-bond donors (Lipinski definition) is 2. The number of carbonyl (C=O) groups is 1. The summed E-state index contributed by atoms with van der Waals surface area (Å²) in [4.78, 5) is 11.9. The Morgan fingerprint density at radius 2 is 1.90 bits per heavy atom. The van der Waals surface area contributed by atoms with E-state index in [-0.39, 0.29) is 18.5 Å². The van der Waals surface area contributed by atoms with Crippen LogP contribution in [-0.2, 0) is 4.79 Å². The third kappa shape index (κ3) is 4.24. The van der Waals surface area contributed by atoms with E-state index in [0.717, 1.165) is 11.5 Å². The lowest BCUT2D eigenvalue weighted by Gasteiger charge is -2.13. The van der Waals surface area contributed by atoms with Crippen molar-refractivity contribution in [3.63, 3.8) is 0 Å². The average molecular weight is 327 g/mol. The summed E-state index contributed by atoms with van der Waals surface area (Å²) in [6.07, 6.45) is 0. The molecular formula is C15H16Cl2N2O2. The average Bonchev–Trinajstić information content (AvgIpc) is 2.87. The summed E-state index contributed by atoms with van der Waals surface area (Å²) < 4.78 is 5.50. The summed E-state index contributed by atoms with van der Waals surface area (Å²) in [7, 11) is 0. The second-order valence-corrected chi connectivity index (χ2v) is 5.51. The minimum absolute atomic E-state index is 0.0637. The number of amides is 1. The lowest BCUT2D eigenvalue weighted by molar-refractivity contribution is -0.115. The summed E-state index contributed by atoms with van der Waals surface area (Å²) in [6.45, 7) is 3.93. The molecule has 0 aliphatic heterocycles. The minimum Gasteiger partial charge on any atom is -0.465 e. The minimum atomic E-state index is -0.222. The van der Waals surface area contributed by atoms with E-state index in [1.54, 1.807) is 18.2 Å². The molecule has 0 fully saturated rings. The van der Waals surface area contributed by atoms with Crippen LogP contribution in [0.2, 0.25) is 10.0 Å². The smallest absolute Gasteiger partial charge is 0.238 e. The molecule has 1 atom stereocenters. The molecule has 1 heterocycles. The zero-order valence-electron chi connectivity index (χ0n) is 11.7. The van der Waals surface area contributed by atoms with Gasteiger partial charge in [-0.25, -0.2) is 0 Å². The van der Waals surface area contributed by atoms with Crippen molar-refractivity contribution in [2.24, 2.45) is 0 Å². The van der Waals surface area contributed by atoms with Crippen molar-refractivity contribution in [1.29, 1.82) is 0 Å². The summed E-state index contributed by atoms with van der Waals surface area (Å²) in [6, 6.07) is 8.77. The van der Waals surface area contributed by atoms with Crippen LogP contribution in [-0.4, -0.2) is 12.5 Å². The largest absolute Gasteiger partial charge is 0.465 e. The second-order valence-electron chi connectivity index (χ2n) is 4.70. The van der Waals surface area contributed by atoms with Crippen LogP contribution in [0.15, 0.2) is 34.7 Å². The molecule has 2 aromatic rings. The molecule has 1 aromatic heterocycles. The van der Waals surface area contributed by atoms with Gasteiger partial charge in [0.2, 0.25) is 5.91 Å². The Balaban J connectivity index is 1.90. The van der Waals surface area contributed by atoms with Crippen molar-refractivity contribution in [2.45, 2.75) is 19.9 Å². The third-order valence-electron chi connectivity index (χ3n) is 2.98. The predicted molar refractivity (Wildman–Crippen MR) is 85.0 cm³/mol. The number of anilines is 1. The van der Waals surface area contributed by atoms with Gasteiger partial charge in [-0.15, -0.1) is 0 Å². The van der Waals surface area contributed by atoms with Crippen LogP contribution in [0, 0.1) is 6.92 Å². The van der Waals surface area contributed by atoms with Crippen molar-refractivity contribution in [2.75, 3.05) is 11.9 Å². The fourth-order valence-corrected chi connectivity index (χ4v) is 2.33. The van der Waals surface area contributed by atoms with Gasteiger partial charge in [-0.3, -0.25) is 10.1 Å². The molecule has 0 aliphatic rings. The van der Waals surface area contributed by atoms with Gasteiger partial charge in [0.15, 0.2) is 0 Å². The maximum atomic E-state index is 11.9. The van der Waals surface area contributed by atoms with Gasteiger partial charge in [0.1, 0.15) is 11.5 Å². The van der Waals surface area contributed by atoms with Gasteiger partial charge in [0.05, 0.1) is 28.3 Å². The van der Waals surface area contributed by atoms with E-state index in [4.69, 9.17) is 27.6 Å². The van der Waals surface area contributed by atoms with E-state index in [1.165, 1.54) is 0 Å². The van der Waals surface area contributed by atoms with E-state index >= 15 is 0 Å².